The molecular formula is C22H28ClN3O3. The van der Waals surface area contributed by atoms with Crippen molar-refractivity contribution in [2.24, 2.45) is 5.92 Å². The van der Waals surface area contributed by atoms with Gasteiger partial charge in [-0.15, -0.1) is 12.4 Å². The third-order valence-corrected chi connectivity index (χ3v) is 5.73. The highest BCUT2D eigenvalue weighted by Crippen LogP contribution is 2.17. The van der Waals surface area contributed by atoms with Gasteiger partial charge in [-0.05, 0) is 62.0 Å². The lowest BCUT2D eigenvalue weighted by molar-refractivity contribution is 0.0718. The number of carbonyl (C=O) groups is 2. The van der Waals surface area contributed by atoms with Gasteiger partial charge >= 0.3 is 0 Å². The summed E-state index contributed by atoms with van der Waals surface area (Å²) >= 11 is 0. The van der Waals surface area contributed by atoms with Crippen LogP contribution in [0.15, 0.2) is 47.3 Å². The second-order valence-corrected chi connectivity index (χ2v) is 7.71. The molecule has 1 atom stereocenters. The van der Waals surface area contributed by atoms with Crippen LogP contribution in [0.5, 0.6) is 0 Å². The van der Waals surface area contributed by atoms with Gasteiger partial charge in [0.2, 0.25) is 0 Å². The Hall–Kier alpha value is -2.31. The normalized spacial score (nSPS) is 19.5. The van der Waals surface area contributed by atoms with Gasteiger partial charge in [-0.3, -0.25) is 9.59 Å². The maximum absolute atomic E-state index is 12.9. The predicted molar refractivity (Wildman–Crippen MR) is 114 cm³/mol. The number of rotatable bonds is 4. The highest BCUT2D eigenvalue weighted by molar-refractivity contribution is 5.95. The molecule has 1 N–H and O–H groups in total. The van der Waals surface area contributed by atoms with Crippen molar-refractivity contribution in [3.63, 3.8) is 0 Å². The van der Waals surface area contributed by atoms with Crippen LogP contribution in [-0.2, 0) is 6.42 Å². The number of furan rings is 1. The van der Waals surface area contributed by atoms with Crippen molar-refractivity contribution in [1.82, 2.24) is 15.1 Å². The lowest BCUT2D eigenvalue weighted by Gasteiger charge is -2.22. The van der Waals surface area contributed by atoms with Crippen LogP contribution in [0, 0.1) is 5.92 Å². The quantitative estimate of drug-likeness (QED) is 0.830. The molecule has 0 aliphatic carbocycles. The average Bonchev–Trinajstić information content (AvgIpc) is 3.38. The molecule has 1 aromatic heterocycles. The zero-order chi connectivity index (χ0) is 19.3. The van der Waals surface area contributed by atoms with E-state index in [1.54, 1.807) is 11.0 Å². The summed E-state index contributed by atoms with van der Waals surface area (Å²) < 4.78 is 5.01. The second kappa shape index (κ2) is 9.94. The first-order valence-corrected chi connectivity index (χ1v) is 10.1. The van der Waals surface area contributed by atoms with E-state index in [-0.39, 0.29) is 24.2 Å². The van der Waals surface area contributed by atoms with Crippen molar-refractivity contribution >= 4 is 24.2 Å². The molecule has 0 spiro atoms. The Kier molecular flexibility index (Phi) is 7.34. The zero-order valence-electron chi connectivity index (χ0n) is 16.5. The maximum atomic E-state index is 12.9. The maximum Gasteiger partial charge on any atom is 0.257 e. The Morgan fingerprint density at radius 3 is 2.24 bits per heavy atom. The molecule has 2 aliphatic heterocycles. The van der Waals surface area contributed by atoms with E-state index in [4.69, 9.17) is 4.42 Å². The van der Waals surface area contributed by atoms with E-state index in [1.165, 1.54) is 24.5 Å². The summed E-state index contributed by atoms with van der Waals surface area (Å²) in [7, 11) is 0. The van der Waals surface area contributed by atoms with E-state index in [2.05, 4.69) is 17.4 Å². The predicted octanol–water partition coefficient (Wildman–Crippen LogP) is 2.84. The van der Waals surface area contributed by atoms with Crippen molar-refractivity contribution in [3.05, 3.63) is 59.5 Å². The van der Waals surface area contributed by atoms with Gasteiger partial charge in [0.25, 0.3) is 11.8 Å². The number of halogens is 1. The number of hydrogen-bond acceptors (Lipinski definition) is 4. The van der Waals surface area contributed by atoms with Crippen molar-refractivity contribution in [1.29, 1.82) is 0 Å². The van der Waals surface area contributed by atoms with E-state index in [1.807, 2.05) is 17.0 Å². The van der Waals surface area contributed by atoms with Gasteiger partial charge in [-0.1, -0.05) is 12.1 Å². The first kappa shape index (κ1) is 21.4. The fourth-order valence-corrected chi connectivity index (χ4v) is 4.08. The van der Waals surface area contributed by atoms with Crippen LogP contribution in [0.2, 0.25) is 0 Å². The minimum absolute atomic E-state index is 0. The lowest BCUT2D eigenvalue weighted by Crippen LogP contribution is -2.37. The summed E-state index contributed by atoms with van der Waals surface area (Å²) in [4.78, 5) is 29.1. The summed E-state index contributed by atoms with van der Waals surface area (Å²) in [6.07, 6.45) is 6.05. The Balaban J connectivity index is 0.00000240. The van der Waals surface area contributed by atoms with Crippen LogP contribution >= 0.6 is 12.4 Å². The highest BCUT2D eigenvalue weighted by Gasteiger charge is 2.24. The van der Waals surface area contributed by atoms with Crippen molar-refractivity contribution in [2.75, 3.05) is 39.3 Å². The minimum atomic E-state index is -0.0335. The van der Waals surface area contributed by atoms with Crippen molar-refractivity contribution < 1.29 is 14.0 Å². The van der Waals surface area contributed by atoms with Crippen LogP contribution in [0.1, 0.15) is 39.1 Å². The first-order chi connectivity index (χ1) is 13.7. The Bertz CT molecular complexity index is 801. The van der Waals surface area contributed by atoms with Gasteiger partial charge in [-0.25, -0.2) is 0 Å². The smallest absolute Gasteiger partial charge is 0.257 e. The fraction of sp³-hybridized carbons (Fsp3) is 0.455. The molecule has 156 valence electrons. The van der Waals surface area contributed by atoms with Crippen LogP contribution in [0.25, 0.3) is 0 Å². The number of carbonyl (C=O) groups excluding carboxylic acids is 2. The van der Waals surface area contributed by atoms with Gasteiger partial charge in [0.05, 0.1) is 11.8 Å². The molecule has 2 fully saturated rings. The van der Waals surface area contributed by atoms with Gasteiger partial charge in [0.1, 0.15) is 6.26 Å². The number of benzene rings is 1. The third kappa shape index (κ3) is 5.19. The SMILES string of the molecule is Cl.O=C(c1ccc(CC2CCNC2)cc1)N1CCCN(C(=O)c2ccoc2)CC1. The van der Waals surface area contributed by atoms with E-state index in [0.29, 0.717) is 37.7 Å². The molecule has 2 aromatic rings. The molecule has 2 amide bonds. The topological polar surface area (TPSA) is 65.8 Å². The molecule has 0 saturated carbocycles. The molecule has 29 heavy (non-hydrogen) atoms. The standard InChI is InChI=1S/C22H27N3O3.ClH/c26-21(19-4-2-17(3-5-19)14-18-6-8-23-15-18)24-9-1-10-25(12-11-24)22(27)20-7-13-28-16-20;/h2-5,7,13,16,18,23H,1,6,8-12,14-15H2;1H. The summed E-state index contributed by atoms with van der Waals surface area (Å²) in [5.74, 6) is 0.714. The minimum Gasteiger partial charge on any atom is -0.472 e. The Labute approximate surface area is 177 Å². The first-order valence-electron chi connectivity index (χ1n) is 10.1. The van der Waals surface area contributed by atoms with Crippen molar-refractivity contribution in [2.45, 2.75) is 19.3 Å². The number of hydrogen-bond donors (Lipinski definition) is 1. The summed E-state index contributed by atoms with van der Waals surface area (Å²) in [6, 6.07) is 9.73. The molecule has 2 aliphatic rings. The van der Waals surface area contributed by atoms with Gasteiger partial charge in [0, 0.05) is 31.7 Å². The average molecular weight is 418 g/mol. The molecule has 7 heteroatoms. The van der Waals surface area contributed by atoms with Crippen LogP contribution in [0.4, 0.5) is 0 Å². The summed E-state index contributed by atoms with van der Waals surface area (Å²) in [5.41, 5.74) is 2.58. The second-order valence-electron chi connectivity index (χ2n) is 7.71. The molecule has 6 nitrogen and oxygen atoms in total. The van der Waals surface area contributed by atoms with Crippen LogP contribution in [0.3, 0.4) is 0 Å². The largest absolute Gasteiger partial charge is 0.472 e. The fourth-order valence-electron chi connectivity index (χ4n) is 4.08. The van der Waals surface area contributed by atoms with Crippen molar-refractivity contribution in [3.8, 4) is 0 Å². The van der Waals surface area contributed by atoms with E-state index in [9.17, 15) is 9.59 Å². The molecule has 1 aromatic carbocycles. The molecule has 2 saturated heterocycles. The van der Waals surface area contributed by atoms with Crippen LogP contribution < -0.4 is 5.32 Å². The third-order valence-electron chi connectivity index (χ3n) is 5.73. The highest BCUT2D eigenvalue weighted by atomic mass is 35.5. The summed E-state index contributed by atoms with van der Waals surface area (Å²) in [5, 5.41) is 3.40. The summed E-state index contributed by atoms with van der Waals surface area (Å²) in [6.45, 7) is 4.62. The Morgan fingerprint density at radius 2 is 1.66 bits per heavy atom. The molecule has 1 unspecified atom stereocenters. The monoisotopic (exact) mass is 417 g/mol. The van der Waals surface area contributed by atoms with E-state index < -0.39 is 0 Å². The lowest BCUT2D eigenvalue weighted by atomic mass is 9.98. The zero-order valence-corrected chi connectivity index (χ0v) is 17.3. The number of amides is 2. The van der Waals surface area contributed by atoms with Gasteiger partial charge in [-0.2, -0.15) is 0 Å². The Morgan fingerprint density at radius 1 is 0.966 bits per heavy atom. The van der Waals surface area contributed by atoms with Gasteiger partial charge < -0.3 is 19.5 Å². The molecule has 4 rings (SSSR count). The number of nitrogens with one attached hydrogen (secondary N) is 1. The van der Waals surface area contributed by atoms with E-state index >= 15 is 0 Å². The molecule has 0 bridgehead atoms. The molecule has 0 radical (unpaired) electrons. The van der Waals surface area contributed by atoms with Crippen LogP contribution in [-0.4, -0.2) is 60.9 Å². The molecule has 3 heterocycles. The van der Waals surface area contributed by atoms with Gasteiger partial charge in [0.15, 0.2) is 0 Å². The number of nitrogens with zero attached hydrogens (tertiary/aromatic N) is 2. The molecular weight excluding hydrogens is 390 g/mol. The van der Waals surface area contributed by atoms with E-state index in [0.717, 1.165) is 31.5 Å².